The topological polar surface area (TPSA) is 78.1 Å². The second-order valence-corrected chi connectivity index (χ2v) is 20.0. The van der Waals surface area contributed by atoms with Crippen molar-refractivity contribution in [1.82, 2.24) is 15.0 Å². The molecule has 0 aliphatic heterocycles. The zero-order valence-corrected chi connectivity index (χ0v) is 40.6. The molecular weight excluding hydrogens is 931 g/mol. The van der Waals surface area contributed by atoms with E-state index in [2.05, 4.69) is 164 Å². The molecule has 0 atom stereocenters. The Kier molecular flexibility index (Phi) is 8.39. The maximum Gasteiger partial charge on any atom is 0.164 e. The van der Waals surface area contributed by atoms with Crippen LogP contribution in [0.4, 0.5) is 0 Å². The Hall–Kier alpha value is -10.2. The van der Waals surface area contributed by atoms with Crippen LogP contribution in [0.15, 0.2) is 250 Å². The van der Waals surface area contributed by atoms with Gasteiger partial charge in [-0.15, -0.1) is 0 Å². The lowest BCUT2D eigenvalue weighted by atomic mass is 9.70. The number of nitrogens with zero attached hydrogens (tertiary/aromatic N) is 3. The van der Waals surface area contributed by atoms with Gasteiger partial charge in [0.2, 0.25) is 0 Å². The van der Waals surface area contributed by atoms with Gasteiger partial charge in [0.05, 0.1) is 5.41 Å². The van der Waals surface area contributed by atoms with E-state index >= 15 is 0 Å². The zero-order chi connectivity index (χ0) is 49.6. The molecule has 6 nitrogen and oxygen atoms in total. The van der Waals surface area contributed by atoms with Gasteiger partial charge in [-0.05, 0) is 109 Å². The summed E-state index contributed by atoms with van der Waals surface area (Å²) in [6.45, 7) is 0. The van der Waals surface area contributed by atoms with E-state index in [0.717, 1.165) is 93.6 Å². The highest BCUT2D eigenvalue weighted by molar-refractivity contribution is 6.15. The second kappa shape index (κ2) is 15.4. The molecule has 76 heavy (non-hydrogen) atoms. The lowest BCUT2D eigenvalue weighted by molar-refractivity contribution is 0.668. The highest BCUT2D eigenvalue weighted by Crippen LogP contribution is 2.64. The van der Waals surface area contributed by atoms with Crippen LogP contribution in [0.25, 0.3) is 144 Å². The first kappa shape index (κ1) is 41.3. The smallest absolute Gasteiger partial charge is 0.164 e. The molecule has 0 unspecified atom stereocenters. The van der Waals surface area contributed by atoms with Crippen molar-refractivity contribution in [2.75, 3.05) is 0 Å². The Morgan fingerprint density at radius 3 is 1.17 bits per heavy atom. The molecule has 2 aliphatic carbocycles. The van der Waals surface area contributed by atoms with E-state index in [9.17, 15) is 0 Å². The first-order valence-electron chi connectivity index (χ1n) is 25.7. The number of hydrogen-bond acceptors (Lipinski definition) is 6. The third-order valence-corrected chi connectivity index (χ3v) is 16.2. The Balaban J connectivity index is 0.818. The van der Waals surface area contributed by atoms with Gasteiger partial charge < -0.3 is 13.3 Å². The van der Waals surface area contributed by atoms with Crippen molar-refractivity contribution < 1.29 is 13.3 Å². The van der Waals surface area contributed by atoms with Gasteiger partial charge in [0.25, 0.3) is 0 Å². The van der Waals surface area contributed by atoms with Crippen LogP contribution in [-0.4, -0.2) is 15.0 Å². The number of fused-ring (bicyclic) bond motifs is 19. The summed E-state index contributed by atoms with van der Waals surface area (Å²) in [7, 11) is 0. The number of hydrogen-bond donors (Lipinski definition) is 0. The summed E-state index contributed by atoms with van der Waals surface area (Å²) in [5, 5.41) is 5.80. The molecule has 15 aromatic rings. The predicted molar refractivity (Wildman–Crippen MR) is 305 cm³/mol. The van der Waals surface area contributed by atoms with Crippen LogP contribution in [0.3, 0.4) is 0 Å². The van der Waals surface area contributed by atoms with Crippen molar-refractivity contribution in [3.8, 4) is 78.7 Å². The molecule has 0 fully saturated rings. The minimum atomic E-state index is -0.396. The number of aromatic nitrogens is 3. The number of furan rings is 3. The predicted octanol–water partition coefficient (Wildman–Crippen LogP) is 18.2. The number of para-hydroxylation sites is 2. The molecule has 352 valence electrons. The molecule has 0 amide bonds. The molecule has 4 heterocycles. The summed E-state index contributed by atoms with van der Waals surface area (Å²) in [6.07, 6.45) is 0. The lowest BCUT2D eigenvalue weighted by Gasteiger charge is -2.30. The molecule has 6 heteroatoms. The fraction of sp³-hybridized carbons (Fsp3) is 0.0143. The average Bonchev–Trinajstić information content (AvgIpc) is 4.38. The molecule has 11 aromatic carbocycles. The molecule has 0 radical (unpaired) electrons. The highest BCUT2D eigenvalue weighted by Gasteiger charge is 2.52. The van der Waals surface area contributed by atoms with Crippen LogP contribution in [0.5, 0.6) is 0 Å². The SMILES string of the molecule is c1ccc2c(c1)-c1ccccc1C21c2ccccc2-c2c(-c3ccc(-c4ccc5oc6cccc(-c7nc(-c8cccc9oc%10ccccc%10c89)nc(-c8cccc9oc%10ccccc%10c89)n7)c6c5c4)cc3)cccc21. The standard InChI is InChI=1S/C70H39N3O3/c1-6-24-53-44(15-1)45-16-2-7-25-54(45)70(53)55-26-8-3-17-46(55)63-43(20-11-27-56(63)70)41-35-33-40(34-36-41)42-37-38-59-52(39-42)66-51(23-14-32-62(66)76-59)69-72-67(49-21-12-30-60-64(49)47-18-4-9-28-57(47)74-60)71-68(73-69)50-22-13-31-61-65(50)48-19-5-10-29-58(48)75-61/h1-39H. The normalized spacial score (nSPS) is 13.1. The minimum absolute atomic E-state index is 0.396. The molecule has 2 aliphatic rings. The van der Waals surface area contributed by atoms with Crippen LogP contribution in [0, 0.1) is 0 Å². The van der Waals surface area contributed by atoms with Gasteiger partial charge in [0.1, 0.15) is 33.5 Å². The summed E-state index contributed by atoms with van der Waals surface area (Å²) in [5.74, 6) is 1.60. The summed E-state index contributed by atoms with van der Waals surface area (Å²) < 4.78 is 19.4. The van der Waals surface area contributed by atoms with Crippen LogP contribution < -0.4 is 0 Å². The summed E-state index contributed by atoms with van der Waals surface area (Å²) in [4.78, 5) is 16.1. The van der Waals surface area contributed by atoms with Gasteiger partial charge in [-0.2, -0.15) is 0 Å². The van der Waals surface area contributed by atoms with Crippen LogP contribution in [0.2, 0.25) is 0 Å². The van der Waals surface area contributed by atoms with Crippen molar-refractivity contribution in [3.05, 3.63) is 259 Å². The van der Waals surface area contributed by atoms with Crippen molar-refractivity contribution in [3.63, 3.8) is 0 Å². The molecule has 17 rings (SSSR count). The van der Waals surface area contributed by atoms with E-state index in [1.54, 1.807) is 0 Å². The van der Waals surface area contributed by atoms with Gasteiger partial charge in [0.15, 0.2) is 17.5 Å². The zero-order valence-electron chi connectivity index (χ0n) is 40.6. The number of benzene rings is 11. The summed E-state index contributed by atoms with van der Waals surface area (Å²) >= 11 is 0. The van der Waals surface area contributed by atoms with Gasteiger partial charge in [0, 0.05) is 49.0 Å². The first-order chi connectivity index (χ1) is 37.7. The summed E-state index contributed by atoms with van der Waals surface area (Å²) in [5.41, 5.74) is 21.9. The second-order valence-electron chi connectivity index (χ2n) is 20.0. The van der Waals surface area contributed by atoms with Crippen LogP contribution >= 0.6 is 0 Å². The van der Waals surface area contributed by atoms with E-state index in [0.29, 0.717) is 17.5 Å². The Morgan fingerprint density at radius 2 is 0.618 bits per heavy atom. The summed E-state index contributed by atoms with van der Waals surface area (Å²) in [6, 6.07) is 83.9. The molecule has 0 N–H and O–H groups in total. The van der Waals surface area contributed by atoms with E-state index in [4.69, 9.17) is 28.2 Å². The van der Waals surface area contributed by atoms with E-state index in [1.807, 2.05) is 72.8 Å². The van der Waals surface area contributed by atoms with Crippen molar-refractivity contribution >= 4 is 65.8 Å². The molecule has 0 saturated carbocycles. The average molecular weight is 970 g/mol. The highest BCUT2D eigenvalue weighted by atomic mass is 16.3. The molecule has 1 spiro atoms. The van der Waals surface area contributed by atoms with E-state index in [-0.39, 0.29) is 0 Å². The molecular formula is C70H39N3O3. The molecule has 4 aromatic heterocycles. The Bertz CT molecular complexity index is 4780. The monoisotopic (exact) mass is 969 g/mol. The van der Waals surface area contributed by atoms with Gasteiger partial charge in [-0.1, -0.05) is 194 Å². The molecule has 0 bridgehead atoms. The van der Waals surface area contributed by atoms with Gasteiger partial charge in [-0.3, -0.25) is 0 Å². The maximum absolute atomic E-state index is 6.66. The van der Waals surface area contributed by atoms with E-state index in [1.165, 1.54) is 55.6 Å². The van der Waals surface area contributed by atoms with Gasteiger partial charge >= 0.3 is 0 Å². The van der Waals surface area contributed by atoms with Crippen molar-refractivity contribution in [2.24, 2.45) is 0 Å². The Morgan fingerprint density at radius 1 is 0.250 bits per heavy atom. The fourth-order valence-electron chi connectivity index (χ4n) is 13.1. The third-order valence-electron chi connectivity index (χ3n) is 16.2. The van der Waals surface area contributed by atoms with Crippen LogP contribution in [-0.2, 0) is 5.41 Å². The number of rotatable bonds is 5. The van der Waals surface area contributed by atoms with Crippen molar-refractivity contribution in [1.29, 1.82) is 0 Å². The first-order valence-corrected chi connectivity index (χ1v) is 25.7. The van der Waals surface area contributed by atoms with E-state index < -0.39 is 5.41 Å². The molecule has 0 saturated heterocycles. The third kappa shape index (κ3) is 5.62. The largest absolute Gasteiger partial charge is 0.456 e. The van der Waals surface area contributed by atoms with Crippen LogP contribution in [0.1, 0.15) is 22.3 Å². The Labute approximate surface area is 434 Å². The van der Waals surface area contributed by atoms with Gasteiger partial charge in [-0.25, -0.2) is 15.0 Å². The maximum atomic E-state index is 6.66. The fourth-order valence-corrected chi connectivity index (χ4v) is 13.1. The van der Waals surface area contributed by atoms with Crippen molar-refractivity contribution in [2.45, 2.75) is 5.41 Å². The minimum Gasteiger partial charge on any atom is -0.456 e. The quantitative estimate of drug-likeness (QED) is 0.171. The lowest BCUT2D eigenvalue weighted by Crippen LogP contribution is -2.25.